The molecule has 2 saturated heterocycles. The Morgan fingerprint density at radius 1 is 1.05 bits per heavy atom. The number of carboxylic acids is 2. The lowest BCUT2D eigenvalue weighted by Crippen LogP contribution is -2.51. The topological polar surface area (TPSA) is 195 Å². The number of nitrogens with zero attached hydrogens (tertiary/aromatic N) is 4. The van der Waals surface area contributed by atoms with Crippen LogP contribution in [0.3, 0.4) is 0 Å². The van der Waals surface area contributed by atoms with Crippen molar-refractivity contribution in [3.05, 3.63) is 35.9 Å². The number of carbonyl (C=O) groups is 4. The third kappa shape index (κ3) is 7.93. The van der Waals surface area contributed by atoms with Crippen LogP contribution in [0.4, 0.5) is 9.18 Å². The molecule has 1 aliphatic carbocycles. The van der Waals surface area contributed by atoms with Crippen molar-refractivity contribution >= 4 is 23.9 Å². The molecule has 0 bridgehead atoms. The predicted molar refractivity (Wildman–Crippen MR) is 146 cm³/mol. The van der Waals surface area contributed by atoms with E-state index in [0.29, 0.717) is 11.8 Å². The number of amides is 3. The maximum atomic E-state index is 13.8. The fraction of sp³-hybridized carbons (Fsp3) is 0.607. The van der Waals surface area contributed by atoms with Gasteiger partial charge in [0.2, 0.25) is 5.91 Å². The Morgan fingerprint density at radius 3 is 2.07 bits per heavy atom. The molecule has 6 unspecified atom stereocenters. The normalized spacial score (nSPS) is 27.7. The van der Waals surface area contributed by atoms with Gasteiger partial charge in [-0.2, -0.15) is 5.26 Å². The summed E-state index contributed by atoms with van der Waals surface area (Å²) in [5.41, 5.74) is 0.949. The second-order valence-electron chi connectivity index (χ2n) is 11.4. The quantitative estimate of drug-likeness (QED) is 0.273. The first kappa shape index (κ1) is 32.7. The molecular formula is C28H38FN5O8. The highest BCUT2D eigenvalue weighted by atomic mass is 19.1. The van der Waals surface area contributed by atoms with E-state index >= 15 is 0 Å². The second-order valence-corrected chi connectivity index (χ2v) is 11.4. The molecule has 1 aromatic carbocycles. The smallest absolute Gasteiger partial charge is 0.335 e. The summed E-state index contributed by atoms with van der Waals surface area (Å²) in [6.07, 6.45) is -3.02. The average molecular weight is 592 g/mol. The molecule has 2 aliphatic heterocycles. The summed E-state index contributed by atoms with van der Waals surface area (Å²) in [5.74, 6) is -2.98. The fourth-order valence-corrected chi connectivity index (χ4v) is 6.08. The van der Waals surface area contributed by atoms with Crippen LogP contribution >= 0.6 is 0 Å². The molecule has 5 N–H and O–H groups in total. The number of aliphatic hydroxyl groups is 2. The maximum absolute atomic E-state index is 13.8. The van der Waals surface area contributed by atoms with Gasteiger partial charge < -0.3 is 40.4 Å². The predicted octanol–water partition coefficient (Wildman–Crippen LogP) is -0.0791. The number of likely N-dealkylation sites (tertiary alicyclic amines) is 2. The van der Waals surface area contributed by atoms with Crippen molar-refractivity contribution in [1.29, 1.82) is 5.26 Å². The molecule has 4 rings (SSSR count). The van der Waals surface area contributed by atoms with E-state index < -0.39 is 36.4 Å². The maximum Gasteiger partial charge on any atom is 0.335 e. The molecule has 0 spiro atoms. The van der Waals surface area contributed by atoms with Gasteiger partial charge in [0, 0.05) is 39.1 Å². The molecule has 1 aromatic rings. The lowest BCUT2D eigenvalue weighted by Gasteiger charge is -2.34. The zero-order valence-electron chi connectivity index (χ0n) is 23.6. The Kier molecular flexibility index (Phi) is 10.8. The first-order chi connectivity index (χ1) is 19.8. The molecule has 1 saturated carbocycles. The van der Waals surface area contributed by atoms with Crippen LogP contribution in [-0.2, 0) is 20.8 Å². The van der Waals surface area contributed by atoms with Gasteiger partial charge in [0.15, 0.2) is 12.2 Å². The number of benzene rings is 1. The minimum absolute atomic E-state index is 0.00270. The largest absolute Gasteiger partial charge is 0.479 e. The molecule has 42 heavy (non-hydrogen) atoms. The number of rotatable bonds is 8. The lowest BCUT2D eigenvalue weighted by atomic mass is 9.87. The van der Waals surface area contributed by atoms with Crippen molar-refractivity contribution in [2.24, 2.45) is 11.8 Å². The summed E-state index contributed by atoms with van der Waals surface area (Å²) < 4.78 is 13.8. The van der Waals surface area contributed by atoms with E-state index in [1.807, 2.05) is 23.1 Å². The van der Waals surface area contributed by atoms with Gasteiger partial charge in [-0.05, 0) is 36.7 Å². The van der Waals surface area contributed by atoms with Crippen LogP contribution in [-0.4, -0.2) is 129 Å². The van der Waals surface area contributed by atoms with Gasteiger partial charge >= 0.3 is 18.0 Å². The van der Waals surface area contributed by atoms with Gasteiger partial charge in [-0.25, -0.2) is 18.8 Å². The number of halogens is 1. The van der Waals surface area contributed by atoms with E-state index in [1.165, 1.54) is 10.5 Å². The van der Waals surface area contributed by atoms with Gasteiger partial charge in [0.05, 0.1) is 19.2 Å². The third-order valence-corrected chi connectivity index (χ3v) is 8.06. The molecular weight excluding hydrogens is 553 g/mol. The summed E-state index contributed by atoms with van der Waals surface area (Å²) in [5, 5.41) is 45.3. The van der Waals surface area contributed by atoms with Gasteiger partial charge in [0.1, 0.15) is 12.2 Å². The van der Waals surface area contributed by atoms with Crippen LogP contribution in [0.5, 0.6) is 0 Å². The molecule has 6 atom stereocenters. The molecule has 13 nitrogen and oxygen atoms in total. The summed E-state index contributed by atoms with van der Waals surface area (Å²) in [6, 6.07) is 11.6. The van der Waals surface area contributed by atoms with Crippen molar-refractivity contribution in [1.82, 2.24) is 20.0 Å². The first-order valence-corrected chi connectivity index (χ1v) is 13.7. The number of nitrogens with one attached hydrogen (secondary N) is 1. The van der Waals surface area contributed by atoms with Crippen molar-refractivity contribution in [3.63, 3.8) is 0 Å². The van der Waals surface area contributed by atoms with Crippen LogP contribution in [0.1, 0.15) is 24.8 Å². The van der Waals surface area contributed by atoms with E-state index in [2.05, 4.69) is 23.5 Å². The van der Waals surface area contributed by atoms with E-state index in [-0.39, 0.29) is 37.0 Å². The van der Waals surface area contributed by atoms with Gasteiger partial charge in [0.25, 0.3) is 0 Å². The number of aliphatic carboxylic acids is 2. The Morgan fingerprint density at radius 2 is 1.60 bits per heavy atom. The summed E-state index contributed by atoms with van der Waals surface area (Å²) in [6.45, 7) is 1.56. The second kappa shape index (κ2) is 13.9. The summed E-state index contributed by atoms with van der Waals surface area (Å²) in [7, 11) is 3.55. The summed E-state index contributed by atoms with van der Waals surface area (Å²) >= 11 is 0. The number of carbonyl (C=O) groups excluding carboxylic acids is 2. The van der Waals surface area contributed by atoms with E-state index in [9.17, 15) is 28.8 Å². The first-order valence-electron chi connectivity index (χ1n) is 13.7. The minimum Gasteiger partial charge on any atom is -0.479 e. The third-order valence-electron chi connectivity index (χ3n) is 8.06. The average Bonchev–Trinajstić information content (AvgIpc) is 3.62. The summed E-state index contributed by atoms with van der Waals surface area (Å²) in [4.78, 5) is 49.7. The Labute approximate surface area is 243 Å². The van der Waals surface area contributed by atoms with Crippen molar-refractivity contribution in [2.75, 3.05) is 40.3 Å². The zero-order valence-corrected chi connectivity index (χ0v) is 23.6. The van der Waals surface area contributed by atoms with Crippen molar-refractivity contribution in [2.45, 2.75) is 55.6 Å². The number of urea groups is 1. The molecule has 230 valence electrons. The minimum atomic E-state index is -2.27. The van der Waals surface area contributed by atoms with Crippen LogP contribution in [0.25, 0.3) is 0 Å². The number of alkyl halides is 1. The van der Waals surface area contributed by atoms with Crippen molar-refractivity contribution < 1.29 is 44.0 Å². The Bertz CT molecular complexity index is 1150. The van der Waals surface area contributed by atoms with E-state index in [1.54, 1.807) is 19.0 Å². The van der Waals surface area contributed by atoms with Gasteiger partial charge in [-0.1, -0.05) is 30.3 Å². The molecule has 3 amide bonds. The monoisotopic (exact) mass is 591 g/mol. The highest BCUT2D eigenvalue weighted by Crippen LogP contribution is 2.45. The molecule has 2 heterocycles. The number of nitriles is 1. The zero-order chi connectivity index (χ0) is 31.2. The SMILES string of the molecule is CN(C)C(=O)N1CC2CC(Cc3ccccc3)(NCC(=O)N3CC(F)CC3C#N)CC2C1.O=C(O)C(O)C(O)C(=O)O. The molecule has 3 fully saturated rings. The number of carboxylic acid groups (broad SMARTS) is 2. The van der Waals surface area contributed by atoms with Gasteiger partial charge in [-0.15, -0.1) is 0 Å². The number of aliphatic hydroxyl groups excluding tert-OH is 2. The number of hydrogen-bond donors (Lipinski definition) is 5. The lowest BCUT2D eigenvalue weighted by molar-refractivity contribution is -0.165. The van der Waals surface area contributed by atoms with E-state index in [0.717, 1.165) is 32.4 Å². The van der Waals surface area contributed by atoms with Gasteiger partial charge in [-0.3, -0.25) is 4.79 Å². The van der Waals surface area contributed by atoms with Crippen LogP contribution in [0.2, 0.25) is 0 Å². The van der Waals surface area contributed by atoms with Crippen LogP contribution in [0, 0.1) is 23.2 Å². The Balaban J connectivity index is 0.000000416. The Hall–Kier alpha value is -3.80. The highest BCUT2D eigenvalue weighted by molar-refractivity contribution is 5.83. The number of hydrogen-bond acceptors (Lipinski definition) is 8. The standard InChI is InChI=1S/C24H32FN5O2.C4H6O6/c1-28(2)23(32)29-14-18-10-24(11-19(18)15-29,9-17-6-4-3-5-7-17)27-13-22(31)30-16-20(25)8-21(30)12-26;5-1(3(7)8)2(6)4(9)10/h3-7,18-21,27H,8-11,13-16H2,1-2H3;1-2,5-6H,(H,7,8)(H,9,10). The van der Waals surface area contributed by atoms with Crippen molar-refractivity contribution in [3.8, 4) is 6.07 Å². The number of fused-ring (bicyclic) bond motifs is 1. The van der Waals surface area contributed by atoms with Crippen LogP contribution < -0.4 is 5.32 Å². The van der Waals surface area contributed by atoms with E-state index in [4.69, 9.17) is 20.4 Å². The highest BCUT2D eigenvalue weighted by Gasteiger charge is 2.50. The van der Waals surface area contributed by atoms with Crippen LogP contribution in [0.15, 0.2) is 30.3 Å². The fourth-order valence-electron chi connectivity index (χ4n) is 6.08. The molecule has 0 radical (unpaired) electrons. The molecule has 14 heteroatoms. The molecule has 0 aromatic heterocycles. The molecule has 3 aliphatic rings.